The maximum atomic E-state index is 12.7. The fourth-order valence-electron chi connectivity index (χ4n) is 3.06. The monoisotopic (exact) mass is 428 g/mol. The van der Waals surface area contributed by atoms with Crippen molar-refractivity contribution in [1.29, 1.82) is 5.26 Å². The predicted octanol–water partition coefficient (Wildman–Crippen LogP) is 2.70. The van der Waals surface area contributed by atoms with Gasteiger partial charge in [-0.05, 0) is 42.8 Å². The van der Waals surface area contributed by atoms with Crippen LogP contribution in [0.25, 0.3) is 0 Å². The zero-order valence-electron chi connectivity index (χ0n) is 16.0. The van der Waals surface area contributed by atoms with Crippen LogP contribution in [0.1, 0.15) is 38.8 Å². The summed E-state index contributed by atoms with van der Waals surface area (Å²) in [6.45, 7) is 1.37. The van der Waals surface area contributed by atoms with Gasteiger partial charge in [0.1, 0.15) is 16.5 Å². The molecule has 154 valence electrons. The molecule has 1 N–H and O–H groups in total. The Kier molecular flexibility index (Phi) is 6.23. The molecule has 0 radical (unpaired) electrons. The lowest BCUT2D eigenvalue weighted by Gasteiger charge is -2.16. The fraction of sp³-hybridized carbons (Fsp3) is 0.238. The van der Waals surface area contributed by atoms with Crippen LogP contribution in [-0.4, -0.2) is 47.4 Å². The van der Waals surface area contributed by atoms with E-state index in [4.69, 9.17) is 26.3 Å². The number of aromatic hydroxyl groups is 1. The molecule has 9 heteroatoms. The van der Waals surface area contributed by atoms with Crippen LogP contribution in [0.15, 0.2) is 30.3 Å². The van der Waals surface area contributed by atoms with E-state index in [-0.39, 0.29) is 41.9 Å². The molecule has 1 aliphatic heterocycles. The number of halogens is 1. The number of amides is 1. The molecular weight excluding hydrogens is 412 g/mol. The van der Waals surface area contributed by atoms with Crippen molar-refractivity contribution in [2.24, 2.45) is 0 Å². The Labute approximate surface area is 177 Å². The number of esters is 1. The number of fused-ring (bicyclic) bond motifs is 1. The van der Waals surface area contributed by atoms with Crippen molar-refractivity contribution in [2.45, 2.75) is 13.5 Å². The Balaban J connectivity index is 1.72. The van der Waals surface area contributed by atoms with Crippen molar-refractivity contribution in [1.82, 2.24) is 4.90 Å². The minimum Gasteiger partial charge on any atom is -0.505 e. The third-order valence-electron chi connectivity index (χ3n) is 4.48. The second-order valence-corrected chi connectivity index (χ2v) is 6.81. The van der Waals surface area contributed by atoms with E-state index in [0.717, 1.165) is 0 Å². The van der Waals surface area contributed by atoms with Gasteiger partial charge in [-0.2, -0.15) is 5.26 Å². The molecule has 8 nitrogen and oxygen atoms in total. The second kappa shape index (κ2) is 8.84. The molecule has 30 heavy (non-hydrogen) atoms. The summed E-state index contributed by atoms with van der Waals surface area (Å²) in [6, 6.07) is 9.39. The number of nitrogens with zero attached hydrogens (tertiary/aromatic N) is 2. The SMILES string of the molecule is CCOC(=O)COc1ccc(C(=O)CN2Cc3cc(C#N)ccc3C2=O)c(O)c1Cl. The highest BCUT2D eigenvalue weighted by Crippen LogP contribution is 2.36. The van der Waals surface area contributed by atoms with E-state index >= 15 is 0 Å². The Morgan fingerprint density at radius 1 is 1.30 bits per heavy atom. The second-order valence-electron chi connectivity index (χ2n) is 6.44. The number of ketones is 1. The van der Waals surface area contributed by atoms with E-state index in [1.807, 2.05) is 6.07 Å². The molecule has 0 spiro atoms. The molecule has 0 atom stereocenters. The van der Waals surface area contributed by atoms with Crippen molar-refractivity contribution in [3.8, 4) is 17.6 Å². The van der Waals surface area contributed by atoms with Gasteiger partial charge in [-0.1, -0.05) is 11.6 Å². The van der Waals surface area contributed by atoms with Crippen LogP contribution in [-0.2, 0) is 16.1 Å². The number of carbonyl (C=O) groups excluding carboxylic acids is 3. The largest absolute Gasteiger partial charge is 0.505 e. The van der Waals surface area contributed by atoms with E-state index < -0.39 is 24.1 Å². The van der Waals surface area contributed by atoms with Crippen molar-refractivity contribution in [2.75, 3.05) is 19.8 Å². The summed E-state index contributed by atoms with van der Waals surface area (Å²) in [4.78, 5) is 37.9. The lowest BCUT2D eigenvalue weighted by atomic mass is 10.1. The van der Waals surface area contributed by atoms with Gasteiger partial charge in [-0.3, -0.25) is 9.59 Å². The van der Waals surface area contributed by atoms with Crippen molar-refractivity contribution < 1.29 is 29.0 Å². The van der Waals surface area contributed by atoms with Gasteiger partial charge in [-0.25, -0.2) is 4.79 Å². The molecule has 3 rings (SSSR count). The topological polar surface area (TPSA) is 117 Å². The average Bonchev–Trinajstić information content (AvgIpc) is 3.03. The fourth-order valence-corrected chi connectivity index (χ4v) is 3.28. The van der Waals surface area contributed by atoms with Gasteiger partial charge in [0.25, 0.3) is 5.91 Å². The van der Waals surface area contributed by atoms with Gasteiger partial charge in [0, 0.05) is 12.1 Å². The molecule has 0 bridgehead atoms. The third-order valence-corrected chi connectivity index (χ3v) is 4.84. The Hall–Kier alpha value is -3.57. The maximum absolute atomic E-state index is 12.7. The number of benzene rings is 2. The Bertz CT molecular complexity index is 1080. The number of phenols is 1. The highest BCUT2D eigenvalue weighted by Gasteiger charge is 2.30. The first-order chi connectivity index (χ1) is 14.3. The summed E-state index contributed by atoms with van der Waals surface area (Å²) in [5.41, 5.74) is 1.45. The first kappa shape index (κ1) is 21.1. The first-order valence-corrected chi connectivity index (χ1v) is 9.38. The molecule has 0 aliphatic carbocycles. The van der Waals surface area contributed by atoms with E-state index in [9.17, 15) is 19.5 Å². The summed E-state index contributed by atoms with van der Waals surface area (Å²) >= 11 is 6.06. The van der Waals surface area contributed by atoms with Crippen LogP contribution in [0.4, 0.5) is 0 Å². The molecule has 0 unspecified atom stereocenters. The smallest absolute Gasteiger partial charge is 0.344 e. The van der Waals surface area contributed by atoms with Crippen LogP contribution in [0.3, 0.4) is 0 Å². The van der Waals surface area contributed by atoms with E-state index in [0.29, 0.717) is 16.7 Å². The number of ether oxygens (including phenoxy) is 2. The number of hydrogen-bond donors (Lipinski definition) is 1. The summed E-state index contributed by atoms with van der Waals surface area (Å²) in [6.07, 6.45) is 0. The van der Waals surface area contributed by atoms with Crippen molar-refractivity contribution >= 4 is 29.3 Å². The van der Waals surface area contributed by atoms with E-state index in [1.165, 1.54) is 17.0 Å². The number of rotatable bonds is 7. The molecular formula is C21H17ClN2O6. The normalized spacial score (nSPS) is 12.3. The zero-order valence-corrected chi connectivity index (χ0v) is 16.7. The van der Waals surface area contributed by atoms with Gasteiger partial charge in [0.05, 0.1) is 30.3 Å². The number of nitriles is 1. The number of Topliss-reactive ketones (excluding diaryl/α,β-unsaturated/α-hetero) is 1. The molecule has 0 saturated heterocycles. The molecule has 1 amide bonds. The van der Waals surface area contributed by atoms with Crippen LogP contribution in [0.2, 0.25) is 5.02 Å². The van der Waals surface area contributed by atoms with Crippen LogP contribution in [0.5, 0.6) is 11.5 Å². The molecule has 2 aromatic carbocycles. The predicted molar refractivity (Wildman–Crippen MR) is 105 cm³/mol. The third kappa shape index (κ3) is 4.21. The van der Waals surface area contributed by atoms with Gasteiger partial charge < -0.3 is 19.5 Å². The lowest BCUT2D eigenvalue weighted by Crippen LogP contribution is -2.30. The van der Waals surface area contributed by atoms with Gasteiger partial charge in [0.15, 0.2) is 12.4 Å². The minimum atomic E-state index is -0.597. The van der Waals surface area contributed by atoms with Gasteiger partial charge >= 0.3 is 5.97 Å². The van der Waals surface area contributed by atoms with Crippen molar-refractivity contribution in [3.63, 3.8) is 0 Å². The molecule has 0 aromatic heterocycles. The lowest BCUT2D eigenvalue weighted by molar-refractivity contribution is -0.145. The average molecular weight is 429 g/mol. The van der Waals surface area contributed by atoms with E-state index in [2.05, 4.69) is 0 Å². The Morgan fingerprint density at radius 3 is 2.77 bits per heavy atom. The molecule has 0 saturated carbocycles. The van der Waals surface area contributed by atoms with Crippen LogP contribution >= 0.6 is 11.6 Å². The van der Waals surface area contributed by atoms with Crippen LogP contribution in [0, 0.1) is 11.3 Å². The van der Waals surface area contributed by atoms with Crippen molar-refractivity contribution in [3.05, 3.63) is 57.6 Å². The molecule has 2 aromatic rings. The van der Waals surface area contributed by atoms with E-state index in [1.54, 1.807) is 25.1 Å². The molecule has 1 aliphatic rings. The highest BCUT2D eigenvalue weighted by molar-refractivity contribution is 6.34. The zero-order chi connectivity index (χ0) is 21.8. The summed E-state index contributed by atoms with van der Waals surface area (Å²) in [5.74, 6) is -1.93. The first-order valence-electron chi connectivity index (χ1n) is 9.01. The standard InChI is InChI=1S/C21H17ClN2O6/c1-2-29-18(26)11-30-17-6-5-15(20(27)19(17)22)16(25)10-24-9-13-7-12(8-23)3-4-14(13)21(24)28/h3-7,27H,2,9-11H2,1H3. The van der Waals surface area contributed by atoms with Crippen LogP contribution < -0.4 is 4.74 Å². The summed E-state index contributed by atoms with van der Waals surface area (Å²) in [5, 5.41) is 19.1. The maximum Gasteiger partial charge on any atom is 0.344 e. The quantitative estimate of drug-likeness (QED) is 0.532. The number of hydrogen-bond acceptors (Lipinski definition) is 7. The highest BCUT2D eigenvalue weighted by atomic mass is 35.5. The number of carbonyl (C=O) groups is 3. The molecule has 0 fully saturated rings. The molecule has 1 heterocycles. The van der Waals surface area contributed by atoms with Gasteiger partial charge in [0.2, 0.25) is 0 Å². The minimum absolute atomic E-state index is 0.0208. The van der Waals surface area contributed by atoms with Gasteiger partial charge in [-0.15, -0.1) is 0 Å². The summed E-state index contributed by atoms with van der Waals surface area (Å²) in [7, 11) is 0. The Morgan fingerprint density at radius 2 is 2.07 bits per heavy atom. The summed E-state index contributed by atoms with van der Waals surface area (Å²) < 4.78 is 9.96. The number of phenolic OH excluding ortho intramolecular Hbond substituents is 1.